The first-order chi connectivity index (χ1) is 40.0. The first-order valence-electron chi connectivity index (χ1n) is 27.6. The number of carboxylic acids is 1. The van der Waals surface area contributed by atoms with Crippen molar-refractivity contribution in [2.75, 3.05) is 26.2 Å². The number of hydrogen-bond donors (Lipinski definition) is 19. The molecule has 1 rings (SSSR count). The van der Waals surface area contributed by atoms with Gasteiger partial charge in [0.15, 0.2) is 12.1 Å². The number of carboxylic acid groups (broad SMARTS) is 1. The molecule has 33 nitrogen and oxygen atoms in total. The number of amides is 11. The Morgan fingerprint density at radius 1 is 0.616 bits per heavy atom. The van der Waals surface area contributed by atoms with Crippen LogP contribution in [0, 0.1) is 23.2 Å². The zero-order chi connectivity index (χ0) is 65.8. The summed E-state index contributed by atoms with van der Waals surface area (Å²) in [6.07, 6.45) is -7.70. The number of carbonyl (C=O) groups excluding carboxylic acids is 11. The van der Waals surface area contributed by atoms with Crippen LogP contribution >= 0.6 is 0 Å². The van der Waals surface area contributed by atoms with E-state index in [4.69, 9.17) is 26.4 Å². The van der Waals surface area contributed by atoms with Gasteiger partial charge in [0.25, 0.3) is 0 Å². The molecule has 0 spiro atoms. The van der Waals surface area contributed by atoms with Crippen molar-refractivity contribution in [2.45, 2.75) is 174 Å². The van der Waals surface area contributed by atoms with Gasteiger partial charge in [-0.05, 0) is 70.3 Å². The van der Waals surface area contributed by atoms with Crippen molar-refractivity contribution in [1.29, 1.82) is 5.41 Å². The molecule has 1 aromatic rings. The summed E-state index contributed by atoms with van der Waals surface area (Å²) in [6.45, 7) is 12.5. The van der Waals surface area contributed by atoms with E-state index in [0.717, 1.165) is 6.92 Å². The molecule has 33 heteroatoms. The lowest BCUT2D eigenvalue weighted by Gasteiger charge is -2.31. The highest BCUT2D eigenvalue weighted by Gasteiger charge is 2.39. The normalized spacial score (nSPS) is 15.4. The third kappa shape index (κ3) is 28.0. The zero-order valence-corrected chi connectivity index (χ0v) is 49.9. The standard InChI is InChI=1S/C53H88N14O19/c1-11-27(6)35(65-43(75)30(18-15-19-57-50(55)56)60-44(76)31(20-25(2)3)61-47(79)37(39(71)26(4)5)67-52(84)86-53(8,9)10)46(78)66-36(28(7)69)45(77)59-22-34(70)64-38(40(72)41(54)73)48(80)62-33(23-68)42(74)58-21-32(49(81)82)63-51(83)85-24-29-16-13-12-14-17-29/h12-14,16-17,25-28,30-33,35-40,68-69,71-72H,11,15,18-24H2,1-10H3,(H2,54,73)(H,58,74)(H,59,77)(H,60,76)(H,61,79)(H,62,80)(H,63,83)(H,64,70)(H,65,75)(H,66,78)(H,67,84)(H,81,82)(H4,55,56,57)/t27-,28-,30+,31-,32-,33-,35-,36-,37-,38-,39+,40-/m0/s1. The summed E-state index contributed by atoms with van der Waals surface area (Å²) in [5.74, 6) is -14.2. The second-order valence-corrected chi connectivity index (χ2v) is 21.9. The van der Waals surface area contributed by atoms with Crippen molar-refractivity contribution in [3.8, 4) is 0 Å². The van der Waals surface area contributed by atoms with E-state index in [0.29, 0.717) is 5.56 Å². The van der Waals surface area contributed by atoms with Gasteiger partial charge in [-0.25, -0.2) is 14.4 Å². The fourth-order valence-corrected chi connectivity index (χ4v) is 7.61. The van der Waals surface area contributed by atoms with Crippen molar-refractivity contribution in [2.24, 2.45) is 29.2 Å². The molecule has 0 radical (unpaired) electrons. The predicted octanol–water partition coefficient (Wildman–Crippen LogP) is -5.01. The summed E-state index contributed by atoms with van der Waals surface area (Å²) in [5, 5.41) is 84.4. The highest BCUT2D eigenvalue weighted by molar-refractivity contribution is 5.99. The minimum atomic E-state index is -2.51. The molecule has 0 unspecified atom stereocenters. The molecule has 0 heterocycles. The molecule has 86 heavy (non-hydrogen) atoms. The van der Waals surface area contributed by atoms with Crippen molar-refractivity contribution >= 4 is 77.3 Å². The third-order valence-electron chi connectivity index (χ3n) is 12.5. The van der Waals surface area contributed by atoms with Gasteiger partial charge >= 0.3 is 18.2 Å². The second kappa shape index (κ2) is 37.1. The molecule has 0 saturated carbocycles. The maximum absolute atomic E-state index is 14.3. The quantitative estimate of drug-likeness (QED) is 0.0170. The van der Waals surface area contributed by atoms with E-state index in [1.807, 2.05) is 16.0 Å². The minimum Gasteiger partial charge on any atom is -0.480 e. The number of aliphatic hydroxyl groups excluding tert-OH is 4. The molecule has 0 aromatic heterocycles. The molecule has 0 aliphatic rings. The molecule has 11 amide bonds. The van der Waals surface area contributed by atoms with Crippen LogP contribution in [0.1, 0.15) is 100 Å². The van der Waals surface area contributed by atoms with Gasteiger partial charge in [0.05, 0.1) is 25.4 Å². The molecule has 484 valence electrons. The zero-order valence-electron chi connectivity index (χ0n) is 49.9. The van der Waals surface area contributed by atoms with Crippen LogP contribution in [-0.4, -0.2) is 201 Å². The third-order valence-corrected chi connectivity index (χ3v) is 12.5. The Bertz CT molecular complexity index is 2480. The highest BCUT2D eigenvalue weighted by Crippen LogP contribution is 2.15. The maximum Gasteiger partial charge on any atom is 0.408 e. The number of rotatable bonds is 36. The van der Waals surface area contributed by atoms with Crippen LogP contribution in [-0.2, 0) is 64.0 Å². The number of aliphatic carboxylic acids is 1. The molecular weight excluding hydrogens is 1140 g/mol. The average molecular weight is 1230 g/mol. The molecular formula is C53H88N14O19. The largest absolute Gasteiger partial charge is 0.480 e. The fraction of sp³-hybridized carbons (Fsp3) is 0.642. The Kier molecular flexibility index (Phi) is 32.6. The Balaban J connectivity index is 3.31. The summed E-state index contributed by atoms with van der Waals surface area (Å²) in [7, 11) is 0. The Morgan fingerprint density at radius 2 is 1.17 bits per heavy atom. The summed E-state index contributed by atoms with van der Waals surface area (Å²) >= 11 is 0. The van der Waals surface area contributed by atoms with E-state index in [1.165, 1.54) is 0 Å². The van der Waals surface area contributed by atoms with Crippen molar-refractivity contribution in [3.63, 3.8) is 0 Å². The molecule has 0 bridgehead atoms. The van der Waals surface area contributed by atoms with E-state index in [-0.39, 0.29) is 44.8 Å². The van der Waals surface area contributed by atoms with Crippen LogP contribution in [0.2, 0.25) is 0 Å². The van der Waals surface area contributed by atoms with Crippen LogP contribution < -0.4 is 70.0 Å². The van der Waals surface area contributed by atoms with Crippen molar-refractivity contribution in [3.05, 3.63) is 35.9 Å². The summed E-state index contributed by atoms with van der Waals surface area (Å²) in [6, 6.07) is -5.50. The number of guanidine groups is 1. The molecule has 0 saturated heterocycles. The number of alkyl carbamates (subject to hydrolysis) is 2. The number of nitrogens with two attached hydrogens (primary N) is 2. The lowest BCUT2D eigenvalue weighted by Crippen LogP contribution is -2.63. The van der Waals surface area contributed by atoms with E-state index in [9.17, 15) is 83.1 Å². The number of aliphatic hydroxyl groups is 4. The molecule has 0 aliphatic carbocycles. The van der Waals surface area contributed by atoms with Crippen LogP contribution in [0.3, 0.4) is 0 Å². The number of primary amides is 1. The first kappa shape index (κ1) is 75.6. The molecule has 21 N–H and O–H groups in total. The molecule has 1 aromatic carbocycles. The Morgan fingerprint density at radius 3 is 1.70 bits per heavy atom. The summed E-state index contributed by atoms with van der Waals surface area (Å²) in [4.78, 5) is 158. The van der Waals surface area contributed by atoms with Crippen molar-refractivity contribution < 1.29 is 92.5 Å². The average Bonchev–Trinajstić information content (AvgIpc) is 2.89. The topological polar surface area (TPSA) is 533 Å². The Hall–Kier alpha value is -8.43. The van der Waals surface area contributed by atoms with Gasteiger partial charge in [-0.15, -0.1) is 0 Å². The van der Waals surface area contributed by atoms with E-state index in [2.05, 4.69) is 42.5 Å². The minimum absolute atomic E-state index is 0.00845. The molecule has 0 aliphatic heterocycles. The number of ether oxygens (including phenoxy) is 2. The summed E-state index contributed by atoms with van der Waals surface area (Å²) < 4.78 is 10.3. The smallest absolute Gasteiger partial charge is 0.408 e. The van der Waals surface area contributed by atoms with Crippen LogP contribution in [0.4, 0.5) is 9.59 Å². The number of benzene rings is 1. The van der Waals surface area contributed by atoms with Gasteiger partial charge in [0.1, 0.15) is 60.5 Å². The number of nitrogens with one attached hydrogen (secondary N) is 12. The van der Waals surface area contributed by atoms with E-state index >= 15 is 0 Å². The van der Waals surface area contributed by atoms with Crippen LogP contribution in [0.5, 0.6) is 0 Å². The molecule has 12 atom stereocenters. The van der Waals surface area contributed by atoms with Gasteiger partial charge in [-0.1, -0.05) is 78.3 Å². The van der Waals surface area contributed by atoms with Crippen LogP contribution in [0.25, 0.3) is 0 Å². The highest BCUT2D eigenvalue weighted by atomic mass is 16.6. The Labute approximate surface area is 497 Å². The van der Waals surface area contributed by atoms with Gasteiger partial charge in [-0.3, -0.25) is 48.6 Å². The van der Waals surface area contributed by atoms with Gasteiger partial charge in [-0.2, -0.15) is 0 Å². The van der Waals surface area contributed by atoms with E-state index in [1.54, 1.807) is 92.6 Å². The fourth-order valence-electron chi connectivity index (χ4n) is 7.61. The van der Waals surface area contributed by atoms with Gasteiger partial charge < -0.3 is 105 Å². The SMILES string of the molecule is CC[C@H](C)[C@H](NC(=O)[C@@H](CCCNC(=N)N)NC(=O)[C@H](CC(C)C)NC(=O)[C@@H](NC(=O)OC(C)(C)C)[C@H](O)C(C)C)C(=O)N[C@H](C(=O)NCC(=O)N[C@H](C(=O)N[C@@H](CO)C(=O)NC[C@H](NC(=O)OCc1ccccc1)C(=O)O)[C@H](O)C(N)=O)[C@H](C)O. The van der Waals surface area contributed by atoms with Gasteiger partial charge in [0, 0.05) is 13.1 Å². The van der Waals surface area contributed by atoms with Crippen LogP contribution in [0.15, 0.2) is 30.3 Å². The second-order valence-electron chi connectivity index (χ2n) is 21.9. The lowest BCUT2D eigenvalue weighted by molar-refractivity contribution is -0.140. The lowest BCUT2D eigenvalue weighted by atomic mass is 9.96. The number of hydrogen-bond acceptors (Lipinski definition) is 19. The number of carbonyl (C=O) groups is 12. The molecule has 0 fully saturated rings. The summed E-state index contributed by atoms with van der Waals surface area (Å²) in [5.41, 5.74) is 10.2. The van der Waals surface area contributed by atoms with E-state index < -0.39 is 181 Å². The first-order valence-corrected chi connectivity index (χ1v) is 27.6. The van der Waals surface area contributed by atoms with Crippen molar-refractivity contribution in [1.82, 2.24) is 58.5 Å². The van der Waals surface area contributed by atoms with Gasteiger partial charge in [0.2, 0.25) is 53.2 Å². The maximum atomic E-state index is 14.3. The predicted molar refractivity (Wildman–Crippen MR) is 305 cm³/mol. The monoisotopic (exact) mass is 1220 g/mol.